The van der Waals surface area contributed by atoms with E-state index in [0.717, 1.165) is 25.9 Å². The summed E-state index contributed by atoms with van der Waals surface area (Å²) in [7, 11) is 0. The third-order valence-electron chi connectivity index (χ3n) is 7.29. The van der Waals surface area contributed by atoms with E-state index >= 15 is 0 Å². The lowest BCUT2D eigenvalue weighted by atomic mass is 10.1. The van der Waals surface area contributed by atoms with Crippen LogP contribution in [0.4, 0.5) is 4.39 Å². The molecule has 216 valence electrons. The van der Waals surface area contributed by atoms with Gasteiger partial charge >= 0.3 is 0 Å². The average Bonchev–Trinajstić information content (AvgIpc) is 3.74. The SMILES string of the molecule is NC(=O)c1nn(CC(=O)N(CC(=O)NCc2cccc(Cl)c2F)C2CC2)c2ccc(CC(=O)N3CCNCC3)cc12. The van der Waals surface area contributed by atoms with Crippen LogP contribution in [0.3, 0.4) is 0 Å². The minimum Gasteiger partial charge on any atom is -0.364 e. The molecule has 0 spiro atoms. The van der Waals surface area contributed by atoms with Crippen LogP contribution in [-0.2, 0) is 33.9 Å². The lowest BCUT2D eigenvalue weighted by molar-refractivity contribution is -0.137. The molecule has 1 aliphatic heterocycles. The maximum Gasteiger partial charge on any atom is 0.269 e. The fourth-order valence-corrected chi connectivity index (χ4v) is 5.15. The van der Waals surface area contributed by atoms with Crippen molar-refractivity contribution in [2.24, 2.45) is 5.73 Å². The van der Waals surface area contributed by atoms with Crippen molar-refractivity contribution in [1.82, 2.24) is 30.2 Å². The summed E-state index contributed by atoms with van der Waals surface area (Å²) in [5, 5.41) is 10.6. The van der Waals surface area contributed by atoms with Crippen LogP contribution in [0.2, 0.25) is 5.02 Å². The van der Waals surface area contributed by atoms with Gasteiger partial charge in [-0.3, -0.25) is 23.9 Å². The number of rotatable bonds is 10. The summed E-state index contributed by atoms with van der Waals surface area (Å²) >= 11 is 5.81. The molecule has 1 saturated carbocycles. The van der Waals surface area contributed by atoms with Gasteiger partial charge in [0.25, 0.3) is 5.91 Å². The third-order valence-corrected chi connectivity index (χ3v) is 7.58. The first kappa shape index (κ1) is 28.5. The molecule has 0 unspecified atom stereocenters. The fraction of sp³-hybridized carbons (Fsp3) is 0.393. The van der Waals surface area contributed by atoms with Gasteiger partial charge in [-0.15, -0.1) is 0 Å². The van der Waals surface area contributed by atoms with E-state index in [4.69, 9.17) is 17.3 Å². The summed E-state index contributed by atoms with van der Waals surface area (Å²) in [6.45, 7) is 2.29. The summed E-state index contributed by atoms with van der Waals surface area (Å²) in [4.78, 5) is 54.3. The van der Waals surface area contributed by atoms with Gasteiger partial charge in [0.15, 0.2) is 5.69 Å². The highest BCUT2D eigenvalue weighted by Crippen LogP contribution is 2.28. The first-order valence-electron chi connectivity index (χ1n) is 13.5. The number of hydrogen-bond acceptors (Lipinski definition) is 6. The van der Waals surface area contributed by atoms with E-state index in [2.05, 4.69) is 15.7 Å². The van der Waals surface area contributed by atoms with Gasteiger partial charge in [-0.2, -0.15) is 5.10 Å². The molecule has 2 heterocycles. The molecule has 5 rings (SSSR count). The number of piperazine rings is 1. The molecule has 3 aromatic rings. The third kappa shape index (κ3) is 6.66. The van der Waals surface area contributed by atoms with Gasteiger partial charge < -0.3 is 26.2 Å². The van der Waals surface area contributed by atoms with E-state index in [-0.39, 0.29) is 60.2 Å². The van der Waals surface area contributed by atoms with Crippen molar-refractivity contribution >= 4 is 46.1 Å². The highest BCUT2D eigenvalue weighted by molar-refractivity contribution is 6.30. The van der Waals surface area contributed by atoms with Crippen molar-refractivity contribution in [2.45, 2.75) is 38.4 Å². The topological polar surface area (TPSA) is 143 Å². The number of amides is 4. The maximum absolute atomic E-state index is 14.2. The number of nitrogens with two attached hydrogens (primary N) is 1. The van der Waals surface area contributed by atoms with Crippen LogP contribution < -0.4 is 16.4 Å². The molecule has 2 aromatic carbocycles. The van der Waals surface area contributed by atoms with Crippen LogP contribution in [0, 0.1) is 5.82 Å². The highest BCUT2D eigenvalue weighted by Gasteiger charge is 2.34. The van der Waals surface area contributed by atoms with Crippen LogP contribution in [0.5, 0.6) is 0 Å². The molecule has 1 aromatic heterocycles. The Balaban J connectivity index is 1.28. The van der Waals surface area contributed by atoms with Crippen LogP contribution >= 0.6 is 11.6 Å². The summed E-state index contributed by atoms with van der Waals surface area (Å²) in [6, 6.07) is 9.66. The zero-order chi connectivity index (χ0) is 29.1. The van der Waals surface area contributed by atoms with Crippen LogP contribution in [0.25, 0.3) is 10.9 Å². The molecule has 4 amide bonds. The fourth-order valence-electron chi connectivity index (χ4n) is 4.96. The zero-order valence-corrected chi connectivity index (χ0v) is 23.1. The van der Waals surface area contributed by atoms with Crippen molar-refractivity contribution in [1.29, 1.82) is 0 Å². The summed E-state index contributed by atoms with van der Waals surface area (Å²) in [6.07, 6.45) is 1.69. The summed E-state index contributed by atoms with van der Waals surface area (Å²) in [5.74, 6) is -2.15. The number of nitrogens with zero attached hydrogens (tertiary/aromatic N) is 4. The van der Waals surface area contributed by atoms with E-state index in [0.29, 0.717) is 29.6 Å². The van der Waals surface area contributed by atoms with Crippen molar-refractivity contribution in [3.8, 4) is 0 Å². The number of nitrogens with one attached hydrogen (secondary N) is 2. The van der Waals surface area contributed by atoms with Gasteiger partial charge in [0, 0.05) is 49.7 Å². The lowest BCUT2D eigenvalue weighted by Gasteiger charge is -2.27. The first-order valence-corrected chi connectivity index (χ1v) is 13.9. The van der Waals surface area contributed by atoms with E-state index in [1.807, 2.05) is 0 Å². The van der Waals surface area contributed by atoms with Crippen molar-refractivity contribution in [3.63, 3.8) is 0 Å². The Morgan fingerprint density at radius 1 is 1.15 bits per heavy atom. The van der Waals surface area contributed by atoms with Crippen molar-refractivity contribution < 1.29 is 23.6 Å². The Morgan fingerprint density at radius 2 is 1.90 bits per heavy atom. The molecule has 0 radical (unpaired) electrons. The Hall–Kier alpha value is -4.03. The van der Waals surface area contributed by atoms with Gasteiger partial charge in [0.1, 0.15) is 12.4 Å². The Morgan fingerprint density at radius 3 is 2.61 bits per heavy atom. The Kier molecular flexibility index (Phi) is 8.50. The second kappa shape index (κ2) is 12.2. The zero-order valence-electron chi connectivity index (χ0n) is 22.4. The Labute approximate surface area is 240 Å². The van der Waals surface area contributed by atoms with E-state index < -0.39 is 17.6 Å². The molecule has 4 N–H and O–H groups in total. The van der Waals surface area contributed by atoms with Crippen LogP contribution in [-0.4, -0.2) is 82.0 Å². The normalized spacial score (nSPS) is 15.1. The number of hydrogen-bond donors (Lipinski definition) is 3. The smallest absolute Gasteiger partial charge is 0.269 e. The standard InChI is InChI=1S/C28H31ClFN7O4/c29-21-3-1-2-18(26(21)30)14-33-23(38)15-36(19-5-6-19)25(40)16-37-22-7-4-17(12-20(22)27(34-37)28(31)41)13-24(39)35-10-8-32-9-11-35/h1-4,7,12,19,32H,5-6,8-11,13-16H2,(H2,31,41)(H,33,38). The number of carbonyl (C=O) groups excluding carboxylic acids is 4. The monoisotopic (exact) mass is 583 g/mol. The van der Waals surface area contributed by atoms with E-state index in [9.17, 15) is 23.6 Å². The molecule has 2 fully saturated rings. The van der Waals surface area contributed by atoms with Gasteiger partial charge in [0.2, 0.25) is 17.7 Å². The van der Waals surface area contributed by atoms with E-state index in [1.54, 1.807) is 29.2 Å². The second-order valence-corrected chi connectivity index (χ2v) is 10.7. The quantitative estimate of drug-likeness (QED) is 0.327. The van der Waals surface area contributed by atoms with E-state index in [1.165, 1.54) is 21.7 Å². The van der Waals surface area contributed by atoms with Crippen molar-refractivity contribution in [2.75, 3.05) is 32.7 Å². The predicted octanol–water partition coefficient (Wildman–Crippen LogP) is 1.21. The molecular weight excluding hydrogens is 553 g/mol. The molecule has 1 saturated heterocycles. The number of fused-ring (bicyclic) bond motifs is 1. The predicted molar refractivity (Wildman–Crippen MR) is 149 cm³/mol. The number of benzene rings is 2. The number of primary amides is 1. The molecular formula is C28H31ClFN7O4. The van der Waals surface area contributed by atoms with Crippen LogP contribution in [0.15, 0.2) is 36.4 Å². The summed E-state index contributed by atoms with van der Waals surface area (Å²) in [5.41, 5.74) is 7.07. The molecule has 0 atom stereocenters. The van der Waals surface area contributed by atoms with Gasteiger partial charge in [-0.25, -0.2) is 4.39 Å². The minimum atomic E-state index is -0.751. The average molecular weight is 584 g/mol. The molecule has 2 aliphatic rings. The van der Waals surface area contributed by atoms with Gasteiger partial charge in [0.05, 0.1) is 23.5 Å². The number of aromatic nitrogens is 2. The molecule has 0 bridgehead atoms. The molecule has 1 aliphatic carbocycles. The lowest BCUT2D eigenvalue weighted by Crippen LogP contribution is -2.46. The number of halogens is 2. The molecule has 11 nitrogen and oxygen atoms in total. The number of carbonyl (C=O) groups is 4. The maximum atomic E-state index is 14.2. The van der Waals surface area contributed by atoms with Gasteiger partial charge in [-0.05, 0) is 36.6 Å². The first-order chi connectivity index (χ1) is 19.7. The van der Waals surface area contributed by atoms with Crippen molar-refractivity contribution in [3.05, 3.63) is 64.1 Å². The van der Waals surface area contributed by atoms with Crippen LogP contribution in [0.1, 0.15) is 34.5 Å². The minimum absolute atomic E-state index is 0.00327. The molecule has 13 heteroatoms. The Bertz CT molecular complexity index is 1500. The summed E-state index contributed by atoms with van der Waals surface area (Å²) < 4.78 is 15.6. The highest BCUT2D eigenvalue weighted by atomic mass is 35.5. The second-order valence-electron chi connectivity index (χ2n) is 10.3. The largest absolute Gasteiger partial charge is 0.364 e. The molecule has 41 heavy (non-hydrogen) atoms. The van der Waals surface area contributed by atoms with Gasteiger partial charge in [-0.1, -0.05) is 29.8 Å².